The molecule has 2 aromatic rings. The second-order valence-electron chi connectivity index (χ2n) is 4.73. The number of nitrogens with one attached hydrogen (secondary N) is 1. The molecule has 0 saturated heterocycles. The van der Waals surface area contributed by atoms with Crippen molar-refractivity contribution in [3.8, 4) is 0 Å². The minimum atomic E-state index is -0.371. The zero-order chi connectivity index (χ0) is 13.8. The van der Waals surface area contributed by atoms with Gasteiger partial charge in [0.05, 0.1) is 5.02 Å². The van der Waals surface area contributed by atoms with Crippen LogP contribution in [0, 0.1) is 12.7 Å². The molecule has 0 unspecified atom stereocenters. The maximum absolute atomic E-state index is 13.3. The van der Waals surface area contributed by atoms with Crippen LogP contribution in [0.5, 0.6) is 0 Å². The van der Waals surface area contributed by atoms with Gasteiger partial charge in [-0.05, 0) is 31.0 Å². The van der Waals surface area contributed by atoms with Gasteiger partial charge >= 0.3 is 0 Å². The highest BCUT2D eigenvalue weighted by Gasteiger charge is 2.08. The van der Waals surface area contributed by atoms with Crippen LogP contribution in [0.15, 0.2) is 42.5 Å². The minimum Gasteiger partial charge on any atom is -0.306 e. The molecule has 1 N–H and O–H groups in total. The van der Waals surface area contributed by atoms with Gasteiger partial charge in [-0.15, -0.1) is 0 Å². The van der Waals surface area contributed by atoms with Crippen molar-refractivity contribution in [1.82, 2.24) is 5.32 Å². The lowest BCUT2D eigenvalue weighted by Gasteiger charge is -2.15. The lowest BCUT2D eigenvalue weighted by molar-refractivity contribution is 0.569. The normalized spacial score (nSPS) is 12.4. The van der Waals surface area contributed by atoms with Crippen molar-refractivity contribution >= 4 is 11.6 Å². The fourth-order valence-electron chi connectivity index (χ4n) is 2.01. The van der Waals surface area contributed by atoms with Gasteiger partial charge in [0.2, 0.25) is 0 Å². The highest BCUT2D eigenvalue weighted by atomic mass is 35.5. The third-order valence-corrected chi connectivity index (χ3v) is 3.60. The van der Waals surface area contributed by atoms with Crippen molar-refractivity contribution in [3.63, 3.8) is 0 Å². The van der Waals surface area contributed by atoms with Crippen LogP contribution in [0.2, 0.25) is 5.02 Å². The van der Waals surface area contributed by atoms with Crippen molar-refractivity contribution in [2.45, 2.75) is 26.4 Å². The minimum absolute atomic E-state index is 0.194. The summed E-state index contributed by atoms with van der Waals surface area (Å²) < 4.78 is 13.3. The maximum Gasteiger partial charge on any atom is 0.142 e. The van der Waals surface area contributed by atoms with Crippen molar-refractivity contribution in [1.29, 1.82) is 0 Å². The average Bonchev–Trinajstić information content (AvgIpc) is 2.40. The molecule has 2 aromatic carbocycles. The number of aryl methyl sites for hydroxylation is 1. The van der Waals surface area contributed by atoms with Gasteiger partial charge in [-0.3, -0.25) is 0 Å². The highest BCUT2D eigenvalue weighted by Crippen LogP contribution is 2.21. The van der Waals surface area contributed by atoms with Crippen LogP contribution < -0.4 is 5.32 Å². The monoisotopic (exact) mass is 277 g/mol. The van der Waals surface area contributed by atoms with Crippen LogP contribution in [0.3, 0.4) is 0 Å². The van der Waals surface area contributed by atoms with E-state index in [1.165, 1.54) is 17.2 Å². The molecule has 0 aromatic heterocycles. The molecule has 0 radical (unpaired) electrons. The molecule has 0 aliphatic heterocycles. The molecule has 1 atom stereocenters. The number of hydrogen-bond donors (Lipinski definition) is 1. The Balaban J connectivity index is 2.04. The second kappa shape index (κ2) is 6.18. The molecule has 0 aliphatic rings. The Morgan fingerprint density at radius 2 is 1.95 bits per heavy atom. The van der Waals surface area contributed by atoms with Crippen LogP contribution in [-0.2, 0) is 6.54 Å². The van der Waals surface area contributed by atoms with E-state index < -0.39 is 0 Å². The van der Waals surface area contributed by atoms with Crippen molar-refractivity contribution in [2.24, 2.45) is 0 Å². The van der Waals surface area contributed by atoms with E-state index >= 15 is 0 Å². The summed E-state index contributed by atoms with van der Waals surface area (Å²) in [5.41, 5.74) is 3.23. The zero-order valence-electron chi connectivity index (χ0n) is 11.1. The van der Waals surface area contributed by atoms with Crippen LogP contribution in [-0.4, -0.2) is 0 Å². The first kappa shape index (κ1) is 14.0. The third kappa shape index (κ3) is 3.55. The fourth-order valence-corrected chi connectivity index (χ4v) is 2.20. The highest BCUT2D eigenvalue weighted by molar-refractivity contribution is 6.31. The summed E-state index contributed by atoms with van der Waals surface area (Å²) in [7, 11) is 0. The van der Waals surface area contributed by atoms with Crippen LogP contribution in [0.4, 0.5) is 4.39 Å². The Kier molecular flexibility index (Phi) is 4.56. The standard InChI is InChI=1S/C16H17ClFN/c1-11-5-3-6-13(9-11)12(2)19-10-14-7-4-8-15(18)16(14)17/h3-9,12,19H,10H2,1-2H3/t12-/m1/s1. The quantitative estimate of drug-likeness (QED) is 0.858. The van der Waals surface area contributed by atoms with Crippen LogP contribution >= 0.6 is 11.6 Å². The van der Waals surface area contributed by atoms with Gasteiger partial charge in [-0.25, -0.2) is 4.39 Å². The lowest BCUT2D eigenvalue weighted by atomic mass is 10.1. The van der Waals surface area contributed by atoms with E-state index in [1.807, 2.05) is 12.1 Å². The fraction of sp³-hybridized carbons (Fsp3) is 0.250. The Labute approximate surface area is 118 Å². The molecule has 0 bridgehead atoms. The maximum atomic E-state index is 13.3. The van der Waals surface area contributed by atoms with Crippen molar-refractivity contribution < 1.29 is 4.39 Å². The molecule has 0 saturated carbocycles. The number of rotatable bonds is 4. The van der Waals surface area contributed by atoms with Crippen LogP contribution in [0.25, 0.3) is 0 Å². The molecule has 100 valence electrons. The molecule has 0 heterocycles. The molecule has 0 aliphatic carbocycles. The number of hydrogen-bond acceptors (Lipinski definition) is 1. The van der Waals surface area contributed by atoms with Gasteiger partial charge < -0.3 is 5.32 Å². The molecule has 0 amide bonds. The molecular formula is C16H17ClFN. The van der Waals surface area contributed by atoms with Gasteiger partial charge in [0.15, 0.2) is 0 Å². The lowest BCUT2D eigenvalue weighted by Crippen LogP contribution is -2.18. The summed E-state index contributed by atoms with van der Waals surface area (Å²) in [6.45, 7) is 4.70. The summed E-state index contributed by atoms with van der Waals surface area (Å²) in [5.74, 6) is -0.371. The largest absolute Gasteiger partial charge is 0.306 e. The molecule has 0 fully saturated rings. The van der Waals surface area contributed by atoms with Crippen molar-refractivity contribution in [2.75, 3.05) is 0 Å². The Hall–Kier alpha value is -1.38. The van der Waals surface area contributed by atoms with E-state index in [0.29, 0.717) is 6.54 Å². The Bertz CT molecular complexity index is 568. The second-order valence-corrected chi connectivity index (χ2v) is 5.11. The molecule has 0 spiro atoms. The topological polar surface area (TPSA) is 12.0 Å². The summed E-state index contributed by atoms with van der Waals surface area (Å²) in [5, 5.41) is 3.56. The summed E-state index contributed by atoms with van der Waals surface area (Å²) in [4.78, 5) is 0. The van der Waals surface area contributed by atoms with Gasteiger partial charge in [0, 0.05) is 12.6 Å². The van der Waals surface area contributed by atoms with Crippen LogP contribution in [0.1, 0.15) is 29.7 Å². The predicted octanol–water partition coefficient (Wildman–Crippen LogP) is 4.64. The zero-order valence-corrected chi connectivity index (χ0v) is 11.8. The SMILES string of the molecule is Cc1cccc([C@@H](C)NCc2cccc(F)c2Cl)c1. The molecule has 19 heavy (non-hydrogen) atoms. The smallest absolute Gasteiger partial charge is 0.142 e. The van der Waals surface area contributed by atoms with Gasteiger partial charge in [-0.1, -0.05) is 53.6 Å². The molecular weight excluding hydrogens is 261 g/mol. The Morgan fingerprint density at radius 1 is 1.21 bits per heavy atom. The molecule has 2 rings (SSSR count). The van der Waals surface area contributed by atoms with Gasteiger partial charge in [0.1, 0.15) is 5.82 Å². The van der Waals surface area contributed by atoms with E-state index in [9.17, 15) is 4.39 Å². The summed E-state index contributed by atoms with van der Waals surface area (Å²) >= 11 is 5.93. The summed E-state index contributed by atoms with van der Waals surface area (Å²) in [6.07, 6.45) is 0. The van der Waals surface area contributed by atoms with E-state index in [0.717, 1.165) is 5.56 Å². The molecule has 1 nitrogen and oxygen atoms in total. The van der Waals surface area contributed by atoms with E-state index in [-0.39, 0.29) is 16.9 Å². The first-order valence-corrected chi connectivity index (χ1v) is 6.68. The van der Waals surface area contributed by atoms with Gasteiger partial charge in [0.25, 0.3) is 0 Å². The van der Waals surface area contributed by atoms with E-state index in [4.69, 9.17) is 11.6 Å². The van der Waals surface area contributed by atoms with E-state index in [2.05, 4.69) is 37.4 Å². The number of benzene rings is 2. The average molecular weight is 278 g/mol. The first-order chi connectivity index (χ1) is 9.08. The first-order valence-electron chi connectivity index (χ1n) is 6.31. The van der Waals surface area contributed by atoms with E-state index in [1.54, 1.807) is 6.07 Å². The third-order valence-electron chi connectivity index (χ3n) is 3.17. The predicted molar refractivity (Wildman–Crippen MR) is 77.8 cm³/mol. The van der Waals surface area contributed by atoms with Crippen molar-refractivity contribution in [3.05, 3.63) is 70.0 Å². The van der Waals surface area contributed by atoms with Gasteiger partial charge in [-0.2, -0.15) is 0 Å². The summed E-state index contributed by atoms with van der Waals surface area (Å²) in [6, 6.07) is 13.4. The number of halogens is 2. The molecule has 3 heteroatoms. The Morgan fingerprint density at radius 3 is 2.68 bits per heavy atom.